The Labute approximate surface area is 132 Å². The SMILES string of the molecule is CCC(C)(C)c1ccc(OC(c2cccs2)C(C)N)cc1. The van der Waals surface area contributed by atoms with Crippen molar-refractivity contribution in [1.29, 1.82) is 0 Å². The first kappa shape index (κ1) is 16.1. The highest BCUT2D eigenvalue weighted by atomic mass is 32.1. The highest BCUT2D eigenvalue weighted by Gasteiger charge is 2.21. The summed E-state index contributed by atoms with van der Waals surface area (Å²) >= 11 is 1.68. The van der Waals surface area contributed by atoms with Gasteiger partial charge in [-0.2, -0.15) is 0 Å². The number of rotatable bonds is 6. The molecule has 2 unspecified atom stereocenters. The average molecular weight is 303 g/mol. The van der Waals surface area contributed by atoms with Crippen LogP contribution in [-0.2, 0) is 5.41 Å². The first-order chi connectivity index (χ1) is 9.94. The Kier molecular flexibility index (Phi) is 5.07. The van der Waals surface area contributed by atoms with Crippen LogP contribution < -0.4 is 10.5 Å². The quantitative estimate of drug-likeness (QED) is 0.823. The molecule has 0 bridgehead atoms. The van der Waals surface area contributed by atoms with Crippen molar-refractivity contribution in [3.05, 3.63) is 52.2 Å². The van der Waals surface area contributed by atoms with Crippen molar-refractivity contribution >= 4 is 11.3 Å². The first-order valence-electron chi connectivity index (χ1n) is 7.50. The topological polar surface area (TPSA) is 35.2 Å². The molecule has 2 atom stereocenters. The standard InChI is InChI=1S/C18H25NOS/c1-5-18(3,4)14-8-10-15(11-9-14)20-17(13(2)19)16-7-6-12-21-16/h6-13,17H,5,19H2,1-4H3. The van der Waals surface area contributed by atoms with E-state index in [1.165, 1.54) is 10.4 Å². The molecule has 0 fully saturated rings. The van der Waals surface area contributed by atoms with Crippen LogP contribution >= 0.6 is 11.3 Å². The van der Waals surface area contributed by atoms with Gasteiger partial charge in [0.25, 0.3) is 0 Å². The van der Waals surface area contributed by atoms with Crippen LogP contribution in [0.2, 0.25) is 0 Å². The monoisotopic (exact) mass is 303 g/mol. The lowest BCUT2D eigenvalue weighted by Gasteiger charge is -2.25. The van der Waals surface area contributed by atoms with Crippen LogP contribution in [-0.4, -0.2) is 6.04 Å². The summed E-state index contributed by atoms with van der Waals surface area (Å²) in [5, 5.41) is 2.06. The second-order valence-electron chi connectivity index (χ2n) is 6.17. The minimum Gasteiger partial charge on any atom is -0.483 e. The van der Waals surface area contributed by atoms with Gasteiger partial charge in [0.2, 0.25) is 0 Å². The number of nitrogens with two attached hydrogens (primary N) is 1. The van der Waals surface area contributed by atoms with E-state index in [0.29, 0.717) is 0 Å². The van der Waals surface area contributed by atoms with Gasteiger partial charge in [0.05, 0.1) is 0 Å². The lowest BCUT2D eigenvalue weighted by Crippen LogP contribution is -2.28. The van der Waals surface area contributed by atoms with E-state index in [0.717, 1.165) is 12.2 Å². The molecule has 0 aliphatic heterocycles. The third-order valence-corrected chi connectivity index (χ3v) is 5.02. The number of ether oxygens (including phenoxy) is 1. The lowest BCUT2D eigenvalue weighted by atomic mass is 9.82. The summed E-state index contributed by atoms with van der Waals surface area (Å²) in [6.07, 6.45) is 1.03. The molecule has 0 amide bonds. The van der Waals surface area contributed by atoms with Crippen LogP contribution in [0.5, 0.6) is 5.75 Å². The Balaban J connectivity index is 2.15. The van der Waals surface area contributed by atoms with Gasteiger partial charge in [0.1, 0.15) is 11.9 Å². The van der Waals surface area contributed by atoms with Crippen molar-refractivity contribution in [3.63, 3.8) is 0 Å². The molecule has 0 aliphatic rings. The van der Waals surface area contributed by atoms with Gasteiger partial charge in [-0.05, 0) is 47.9 Å². The van der Waals surface area contributed by atoms with Crippen LogP contribution in [0.15, 0.2) is 41.8 Å². The molecule has 21 heavy (non-hydrogen) atoms. The van der Waals surface area contributed by atoms with Crippen molar-refractivity contribution in [3.8, 4) is 5.75 Å². The summed E-state index contributed by atoms with van der Waals surface area (Å²) in [7, 11) is 0. The highest BCUT2D eigenvalue weighted by Crippen LogP contribution is 2.31. The van der Waals surface area contributed by atoms with E-state index in [4.69, 9.17) is 10.5 Å². The van der Waals surface area contributed by atoms with E-state index < -0.39 is 0 Å². The van der Waals surface area contributed by atoms with E-state index in [1.807, 2.05) is 13.0 Å². The predicted molar refractivity (Wildman–Crippen MR) is 91.1 cm³/mol. The van der Waals surface area contributed by atoms with Gasteiger partial charge in [-0.15, -0.1) is 11.3 Å². The molecule has 1 heterocycles. The van der Waals surface area contributed by atoms with E-state index in [2.05, 4.69) is 56.5 Å². The highest BCUT2D eigenvalue weighted by molar-refractivity contribution is 7.10. The van der Waals surface area contributed by atoms with Crippen molar-refractivity contribution in [1.82, 2.24) is 0 Å². The molecule has 0 spiro atoms. The van der Waals surface area contributed by atoms with Crippen molar-refractivity contribution < 1.29 is 4.74 Å². The summed E-state index contributed by atoms with van der Waals surface area (Å²) in [6.45, 7) is 8.73. The molecule has 2 rings (SSSR count). The second kappa shape index (κ2) is 6.63. The number of hydrogen-bond acceptors (Lipinski definition) is 3. The van der Waals surface area contributed by atoms with Gasteiger partial charge in [0, 0.05) is 10.9 Å². The van der Waals surface area contributed by atoms with Crippen LogP contribution in [0.3, 0.4) is 0 Å². The fourth-order valence-electron chi connectivity index (χ4n) is 2.21. The van der Waals surface area contributed by atoms with Crippen molar-refractivity contribution in [2.75, 3.05) is 0 Å². The Hall–Kier alpha value is -1.32. The minimum atomic E-state index is -0.0879. The molecule has 2 N–H and O–H groups in total. The Morgan fingerprint density at radius 1 is 1.19 bits per heavy atom. The van der Waals surface area contributed by atoms with Crippen LogP contribution in [0.1, 0.15) is 50.7 Å². The maximum Gasteiger partial charge on any atom is 0.148 e. The van der Waals surface area contributed by atoms with Gasteiger partial charge < -0.3 is 10.5 Å². The molecule has 1 aromatic carbocycles. The number of hydrogen-bond donors (Lipinski definition) is 1. The molecule has 0 saturated heterocycles. The second-order valence-corrected chi connectivity index (χ2v) is 7.15. The molecule has 2 nitrogen and oxygen atoms in total. The lowest BCUT2D eigenvalue weighted by molar-refractivity contribution is 0.184. The molecule has 2 aromatic rings. The van der Waals surface area contributed by atoms with Gasteiger partial charge in [-0.25, -0.2) is 0 Å². The number of thiophene rings is 1. The van der Waals surface area contributed by atoms with Crippen LogP contribution in [0.4, 0.5) is 0 Å². The number of benzene rings is 1. The largest absolute Gasteiger partial charge is 0.483 e. The summed E-state index contributed by atoms with van der Waals surface area (Å²) in [5.41, 5.74) is 7.62. The molecular weight excluding hydrogens is 278 g/mol. The fourth-order valence-corrected chi connectivity index (χ4v) is 3.08. The summed E-state index contributed by atoms with van der Waals surface area (Å²) in [6, 6.07) is 12.5. The van der Waals surface area contributed by atoms with E-state index in [9.17, 15) is 0 Å². The van der Waals surface area contributed by atoms with Gasteiger partial charge in [-0.1, -0.05) is 39.0 Å². The molecule has 0 saturated carbocycles. The molecule has 114 valence electrons. The maximum atomic E-state index is 6.11. The zero-order valence-electron chi connectivity index (χ0n) is 13.3. The molecule has 0 aliphatic carbocycles. The van der Waals surface area contributed by atoms with E-state index in [-0.39, 0.29) is 17.6 Å². The Morgan fingerprint density at radius 2 is 1.86 bits per heavy atom. The Bertz CT molecular complexity index is 543. The average Bonchev–Trinajstić information content (AvgIpc) is 2.98. The maximum absolute atomic E-state index is 6.11. The summed E-state index contributed by atoms with van der Waals surface area (Å²) in [5.74, 6) is 0.876. The summed E-state index contributed by atoms with van der Waals surface area (Å²) < 4.78 is 6.11. The molecule has 3 heteroatoms. The van der Waals surface area contributed by atoms with Crippen molar-refractivity contribution in [2.24, 2.45) is 5.73 Å². The molecule has 1 aromatic heterocycles. The van der Waals surface area contributed by atoms with E-state index >= 15 is 0 Å². The smallest absolute Gasteiger partial charge is 0.148 e. The zero-order chi connectivity index (χ0) is 15.5. The molecule has 0 radical (unpaired) electrons. The third kappa shape index (κ3) is 3.86. The predicted octanol–water partition coefficient (Wildman–Crippen LogP) is 4.90. The van der Waals surface area contributed by atoms with Gasteiger partial charge >= 0.3 is 0 Å². The van der Waals surface area contributed by atoms with Gasteiger partial charge in [-0.3, -0.25) is 0 Å². The van der Waals surface area contributed by atoms with Gasteiger partial charge in [0.15, 0.2) is 0 Å². The zero-order valence-corrected chi connectivity index (χ0v) is 14.1. The van der Waals surface area contributed by atoms with Crippen molar-refractivity contribution in [2.45, 2.75) is 51.7 Å². The minimum absolute atomic E-state index is 0.0459. The fraction of sp³-hybridized carbons (Fsp3) is 0.444. The Morgan fingerprint density at radius 3 is 2.33 bits per heavy atom. The first-order valence-corrected chi connectivity index (χ1v) is 8.38. The van der Waals surface area contributed by atoms with Crippen LogP contribution in [0, 0.1) is 0 Å². The molecular formula is C18H25NOS. The third-order valence-electron chi connectivity index (χ3n) is 4.08. The van der Waals surface area contributed by atoms with Crippen LogP contribution in [0.25, 0.3) is 0 Å². The normalized spacial score (nSPS) is 14.7. The summed E-state index contributed by atoms with van der Waals surface area (Å²) in [4.78, 5) is 1.17. The van der Waals surface area contributed by atoms with E-state index in [1.54, 1.807) is 11.3 Å².